The highest BCUT2D eigenvalue weighted by Crippen LogP contribution is 2.50. The highest BCUT2D eigenvalue weighted by Gasteiger charge is 2.64. The highest BCUT2D eigenvalue weighted by molar-refractivity contribution is 6.03. The SMILES string of the molecule is O=C(Nc1ccn([C@@H]2O[C@@H]3[C@H](OCc4ccccc4)CC[C@]3(OCc3ccccc3)[C@H]2O)c(=O)n1)c1ccccc1. The van der Waals surface area contributed by atoms with E-state index >= 15 is 0 Å². The fraction of sp³-hybridized carbons (Fsp3) is 0.281. The Kier molecular flexibility index (Phi) is 7.76. The van der Waals surface area contributed by atoms with Crippen molar-refractivity contribution >= 4 is 11.7 Å². The van der Waals surface area contributed by atoms with Gasteiger partial charge in [0, 0.05) is 11.8 Å². The molecule has 1 saturated carbocycles. The minimum atomic E-state index is -1.16. The van der Waals surface area contributed by atoms with E-state index in [1.165, 1.54) is 16.8 Å². The maximum atomic E-state index is 13.1. The molecular formula is C32H31N3O6. The van der Waals surface area contributed by atoms with Crippen LogP contribution in [0.15, 0.2) is 108 Å². The Morgan fingerprint density at radius 1 is 0.951 bits per heavy atom. The summed E-state index contributed by atoms with van der Waals surface area (Å²) in [7, 11) is 0. The van der Waals surface area contributed by atoms with E-state index < -0.39 is 29.7 Å². The molecule has 1 saturated heterocycles. The molecule has 3 aromatic carbocycles. The first-order valence-electron chi connectivity index (χ1n) is 13.7. The second-order valence-corrected chi connectivity index (χ2v) is 10.3. The van der Waals surface area contributed by atoms with Crippen molar-refractivity contribution < 1.29 is 24.1 Å². The lowest BCUT2D eigenvalue weighted by Crippen LogP contribution is -2.49. The van der Waals surface area contributed by atoms with Crippen LogP contribution in [0.2, 0.25) is 0 Å². The molecule has 2 heterocycles. The molecule has 0 spiro atoms. The molecular weight excluding hydrogens is 522 g/mol. The van der Waals surface area contributed by atoms with Gasteiger partial charge in [0.05, 0.1) is 19.3 Å². The largest absolute Gasteiger partial charge is 0.385 e. The minimum absolute atomic E-state index is 0.104. The van der Waals surface area contributed by atoms with Crippen LogP contribution in [0.5, 0.6) is 0 Å². The third-order valence-corrected chi connectivity index (χ3v) is 7.73. The number of aliphatic hydroxyl groups is 1. The van der Waals surface area contributed by atoms with Crippen molar-refractivity contribution in [1.29, 1.82) is 0 Å². The average molecular weight is 554 g/mol. The second kappa shape index (κ2) is 11.8. The van der Waals surface area contributed by atoms with Gasteiger partial charge in [-0.15, -0.1) is 0 Å². The van der Waals surface area contributed by atoms with Gasteiger partial charge >= 0.3 is 5.69 Å². The zero-order chi connectivity index (χ0) is 28.2. The lowest BCUT2D eigenvalue weighted by Gasteiger charge is -2.32. The predicted octanol–water partition coefficient (Wildman–Crippen LogP) is 4.09. The number of rotatable bonds is 9. The predicted molar refractivity (Wildman–Crippen MR) is 151 cm³/mol. The quantitative estimate of drug-likeness (QED) is 0.321. The van der Waals surface area contributed by atoms with Crippen LogP contribution < -0.4 is 11.0 Å². The van der Waals surface area contributed by atoms with Gasteiger partial charge in [0.1, 0.15) is 23.6 Å². The average Bonchev–Trinajstić information content (AvgIpc) is 3.50. The summed E-state index contributed by atoms with van der Waals surface area (Å²) >= 11 is 0. The summed E-state index contributed by atoms with van der Waals surface area (Å²) in [4.78, 5) is 29.7. The third kappa shape index (κ3) is 5.57. The number of nitrogens with one attached hydrogen (secondary N) is 1. The molecule has 2 aliphatic rings. The summed E-state index contributed by atoms with van der Waals surface area (Å²) < 4.78 is 20.4. The number of aromatic nitrogens is 2. The zero-order valence-corrected chi connectivity index (χ0v) is 22.3. The highest BCUT2D eigenvalue weighted by atomic mass is 16.6. The molecule has 9 nitrogen and oxygen atoms in total. The maximum absolute atomic E-state index is 13.1. The van der Waals surface area contributed by atoms with Crippen LogP contribution in [0.3, 0.4) is 0 Å². The molecule has 6 rings (SSSR count). The van der Waals surface area contributed by atoms with Gasteiger partial charge in [-0.3, -0.25) is 9.36 Å². The Morgan fingerprint density at radius 3 is 2.24 bits per heavy atom. The topological polar surface area (TPSA) is 112 Å². The molecule has 0 unspecified atom stereocenters. The Hall–Kier alpha value is -4.15. The van der Waals surface area contributed by atoms with Gasteiger partial charge in [-0.2, -0.15) is 4.98 Å². The second-order valence-electron chi connectivity index (χ2n) is 10.3. The molecule has 1 amide bonds. The lowest BCUT2D eigenvalue weighted by molar-refractivity contribution is -0.142. The zero-order valence-electron chi connectivity index (χ0n) is 22.3. The molecule has 2 N–H and O–H groups in total. The molecule has 1 aliphatic carbocycles. The summed E-state index contributed by atoms with van der Waals surface area (Å²) in [5.74, 6) is -0.277. The van der Waals surface area contributed by atoms with Crippen LogP contribution in [0.25, 0.3) is 0 Å². The standard InChI is InChI=1S/C32H31N3O6/c36-27-30(35-19-17-26(34-31(35)38)33-29(37)24-14-8-3-9-15-24)41-28-25(39-20-22-10-4-1-5-11-22)16-18-32(27,28)40-21-23-12-6-2-7-13-23/h1-15,17,19,25,27-28,30,36H,16,18,20-21H2,(H,33,34,37,38)/t25-,27+,28-,30-,32+/m1/s1. The molecule has 1 aromatic heterocycles. The van der Waals surface area contributed by atoms with E-state index in [0.29, 0.717) is 25.0 Å². The number of hydrogen-bond acceptors (Lipinski definition) is 7. The smallest absolute Gasteiger partial charge is 0.351 e. The van der Waals surface area contributed by atoms with Crippen LogP contribution >= 0.6 is 0 Å². The first-order chi connectivity index (χ1) is 20.0. The molecule has 5 atom stereocenters. The molecule has 2 fully saturated rings. The number of benzene rings is 3. The van der Waals surface area contributed by atoms with Crippen molar-refractivity contribution in [2.45, 2.75) is 56.2 Å². The molecule has 41 heavy (non-hydrogen) atoms. The van der Waals surface area contributed by atoms with Crippen molar-refractivity contribution in [2.75, 3.05) is 5.32 Å². The molecule has 0 radical (unpaired) electrons. The fourth-order valence-corrected chi connectivity index (χ4v) is 5.61. The number of aliphatic hydroxyl groups excluding tert-OH is 1. The molecule has 1 aliphatic heterocycles. The summed E-state index contributed by atoms with van der Waals surface area (Å²) in [6.07, 6.45) is -0.570. The summed E-state index contributed by atoms with van der Waals surface area (Å²) in [5.41, 5.74) is 0.683. The van der Waals surface area contributed by atoms with Gasteiger partial charge in [-0.1, -0.05) is 78.9 Å². The number of anilines is 1. The summed E-state index contributed by atoms with van der Waals surface area (Å²) in [6, 6.07) is 29.7. The lowest BCUT2D eigenvalue weighted by atomic mass is 9.93. The monoisotopic (exact) mass is 553 g/mol. The van der Waals surface area contributed by atoms with Crippen molar-refractivity contribution in [1.82, 2.24) is 9.55 Å². The van der Waals surface area contributed by atoms with E-state index in [2.05, 4.69) is 10.3 Å². The first kappa shape index (κ1) is 27.0. The number of carbonyl (C=O) groups excluding carboxylic acids is 1. The van der Waals surface area contributed by atoms with Crippen molar-refractivity contribution in [3.8, 4) is 0 Å². The van der Waals surface area contributed by atoms with Gasteiger partial charge in [-0.05, 0) is 42.2 Å². The summed E-state index contributed by atoms with van der Waals surface area (Å²) in [5, 5.41) is 14.3. The van der Waals surface area contributed by atoms with Crippen molar-refractivity contribution in [2.24, 2.45) is 0 Å². The van der Waals surface area contributed by atoms with Crippen molar-refractivity contribution in [3.05, 3.63) is 130 Å². The van der Waals surface area contributed by atoms with Crippen LogP contribution in [0, 0.1) is 0 Å². The first-order valence-corrected chi connectivity index (χ1v) is 13.7. The Bertz CT molecular complexity index is 1530. The number of amides is 1. The maximum Gasteiger partial charge on any atom is 0.351 e. The van der Waals surface area contributed by atoms with E-state index in [9.17, 15) is 14.7 Å². The number of carbonyl (C=O) groups is 1. The van der Waals surface area contributed by atoms with E-state index in [-0.39, 0.29) is 24.4 Å². The van der Waals surface area contributed by atoms with Crippen LogP contribution in [0.4, 0.5) is 5.82 Å². The Morgan fingerprint density at radius 2 is 1.59 bits per heavy atom. The van der Waals surface area contributed by atoms with E-state index in [4.69, 9.17) is 14.2 Å². The normalized spacial score (nSPS) is 25.1. The molecule has 0 bridgehead atoms. The number of fused-ring (bicyclic) bond motifs is 1. The molecule has 4 aromatic rings. The van der Waals surface area contributed by atoms with Crippen LogP contribution in [-0.4, -0.2) is 44.5 Å². The summed E-state index contributed by atoms with van der Waals surface area (Å²) in [6.45, 7) is 0.658. The fourth-order valence-electron chi connectivity index (χ4n) is 5.61. The van der Waals surface area contributed by atoms with E-state index in [0.717, 1.165) is 11.1 Å². The van der Waals surface area contributed by atoms with Gasteiger partial charge in [0.2, 0.25) is 0 Å². The number of hydrogen-bond donors (Lipinski definition) is 2. The number of nitrogens with zero attached hydrogens (tertiary/aromatic N) is 2. The number of ether oxygens (including phenoxy) is 3. The van der Waals surface area contributed by atoms with Gasteiger partial charge < -0.3 is 24.6 Å². The Balaban J connectivity index is 1.23. The van der Waals surface area contributed by atoms with Gasteiger partial charge in [0.15, 0.2) is 6.23 Å². The van der Waals surface area contributed by atoms with Gasteiger partial charge in [-0.25, -0.2) is 4.79 Å². The molecule has 210 valence electrons. The van der Waals surface area contributed by atoms with Crippen LogP contribution in [0.1, 0.15) is 40.6 Å². The van der Waals surface area contributed by atoms with Crippen LogP contribution in [-0.2, 0) is 27.4 Å². The minimum Gasteiger partial charge on any atom is -0.385 e. The Labute approximate surface area is 237 Å². The van der Waals surface area contributed by atoms with E-state index in [1.807, 2.05) is 66.7 Å². The molecule has 9 heteroatoms. The van der Waals surface area contributed by atoms with E-state index in [1.54, 1.807) is 24.3 Å². The van der Waals surface area contributed by atoms with Gasteiger partial charge in [0.25, 0.3) is 5.91 Å². The van der Waals surface area contributed by atoms with Crippen molar-refractivity contribution in [3.63, 3.8) is 0 Å². The third-order valence-electron chi connectivity index (χ3n) is 7.73.